The zero-order valence-corrected chi connectivity index (χ0v) is 11.9. The van der Waals surface area contributed by atoms with Gasteiger partial charge in [-0.3, -0.25) is 14.9 Å². The first-order valence-corrected chi connectivity index (χ1v) is 6.43. The number of aliphatic carboxylic acids is 1. The second kappa shape index (κ2) is 7.58. The molecule has 0 saturated heterocycles. The number of urea groups is 1. The molecule has 0 fully saturated rings. The fourth-order valence-corrected chi connectivity index (χ4v) is 1.78. The number of halogens is 2. The van der Waals surface area contributed by atoms with Gasteiger partial charge in [0.2, 0.25) is 5.91 Å². The molecular formula is C13H14ClFN2O4. The lowest BCUT2D eigenvalue weighted by atomic mass is 10.0. The number of benzene rings is 1. The van der Waals surface area contributed by atoms with Gasteiger partial charge < -0.3 is 10.4 Å². The standard InChI is InChI=1S/C13H14ClFN2O4/c1-7(5-12(19)20)4-11(18)17-13(21)16-8-2-3-10(15)9(14)6-8/h2-3,6-7H,4-5H2,1H3,(H,19,20)(H2,16,17,18,21). The highest BCUT2D eigenvalue weighted by Gasteiger charge is 2.15. The number of rotatable bonds is 5. The lowest BCUT2D eigenvalue weighted by Gasteiger charge is -2.10. The Morgan fingerprint density at radius 3 is 2.57 bits per heavy atom. The van der Waals surface area contributed by atoms with Gasteiger partial charge in [0, 0.05) is 18.5 Å². The van der Waals surface area contributed by atoms with Crippen molar-refractivity contribution < 1.29 is 23.9 Å². The summed E-state index contributed by atoms with van der Waals surface area (Å²) < 4.78 is 12.9. The molecular weight excluding hydrogens is 303 g/mol. The highest BCUT2D eigenvalue weighted by molar-refractivity contribution is 6.31. The van der Waals surface area contributed by atoms with Crippen LogP contribution in [0.3, 0.4) is 0 Å². The third-order valence-corrected chi connectivity index (χ3v) is 2.78. The molecule has 1 unspecified atom stereocenters. The van der Waals surface area contributed by atoms with Gasteiger partial charge in [-0.25, -0.2) is 9.18 Å². The van der Waals surface area contributed by atoms with Gasteiger partial charge in [-0.15, -0.1) is 0 Å². The molecule has 0 aliphatic heterocycles. The molecule has 114 valence electrons. The van der Waals surface area contributed by atoms with E-state index >= 15 is 0 Å². The smallest absolute Gasteiger partial charge is 0.325 e. The number of hydrogen-bond acceptors (Lipinski definition) is 3. The summed E-state index contributed by atoms with van der Waals surface area (Å²) in [6, 6.07) is 2.77. The van der Waals surface area contributed by atoms with E-state index in [1.54, 1.807) is 6.92 Å². The molecule has 3 N–H and O–H groups in total. The maximum atomic E-state index is 12.9. The highest BCUT2D eigenvalue weighted by Crippen LogP contribution is 2.19. The molecule has 1 atom stereocenters. The summed E-state index contributed by atoms with van der Waals surface area (Å²) in [4.78, 5) is 33.5. The quantitative estimate of drug-likeness (QED) is 0.778. The van der Waals surface area contributed by atoms with Crippen molar-refractivity contribution in [3.63, 3.8) is 0 Å². The number of anilines is 1. The van der Waals surface area contributed by atoms with Gasteiger partial charge in [-0.05, 0) is 24.1 Å². The van der Waals surface area contributed by atoms with E-state index in [2.05, 4.69) is 5.32 Å². The van der Waals surface area contributed by atoms with E-state index in [4.69, 9.17) is 16.7 Å². The van der Waals surface area contributed by atoms with E-state index in [0.29, 0.717) is 0 Å². The molecule has 1 aromatic rings. The maximum Gasteiger partial charge on any atom is 0.325 e. The molecule has 0 spiro atoms. The van der Waals surface area contributed by atoms with E-state index in [0.717, 1.165) is 6.07 Å². The molecule has 0 heterocycles. The third kappa shape index (κ3) is 6.22. The number of imide groups is 1. The topological polar surface area (TPSA) is 95.5 Å². The summed E-state index contributed by atoms with van der Waals surface area (Å²) in [5.74, 6) is -2.63. The van der Waals surface area contributed by atoms with Crippen molar-refractivity contribution in [3.05, 3.63) is 29.0 Å². The molecule has 0 aliphatic carbocycles. The number of hydrogen-bond donors (Lipinski definition) is 3. The summed E-state index contributed by atoms with van der Waals surface area (Å²) in [5.41, 5.74) is 0.227. The van der Waals surface area contributed by atoms with Gasteiger partial charge in [0.1, 0.15) is 5.82 Å². The van der Waals surface area contributed by atoms with E-state index in [9.17, 15) is 18.8 Å². The van der Waals surface area contributed by atoms with E-state index in [1.807, 2.05) is 5.32 Å². The third-order valence-electron chi connectivity index (χ3n) is 2.49. The average Bonchev–Trinajstić information content (AvgIpc) is 2.32. The number of carbonyl (C=O) groups is 3. The van der Waals surface area contributed by atoms with Crippen molar-refractivity contribution in [1.29, 1.82) is 0 Å². The minimum atomic E-state index is -1.01. The highest BCUT2D eigenvalue weighted by atomic mass is 35.5. The Kier molecular flexibility index (Phi) is 6.10. The van der Waals surface area contributed by atoms with Crippen molar-refractivity contribution >= 4 is 35.2 Å². The van der Waals surface area contributed by atoms with Crippen LogP contribution >= 0.6 is 11.6 Å². The first-order valence-electron chi connectivity index (χ1n) is 6.05. The van der Waals surface area contributed by atoms with E-state index in [1.165, 1.54) is 12.1 Å². The predicted octanol–water partition coefficient (Wildman–Crippen LogP) is 2.63. The molecule has 6 nitrogen and oxygen atoms in total. The van der Waals surface area contributed by atoms with Crippen LogP contribution in [-0.2, 0) is 9.59 Å². The van der Waals surface area contributed by atoms with Crippen LogP contribution in [0.25, 0.3) is 0 Å². The summed E-state index contributed by atoms with van der Waals surface area (Å²) in [5, 5.41) is 12.8. The lowest BCUT2D eigenvalue weighted by Crippen LogP contribution is -2.35. The number of carboxylic acid groups (broad SMARTS) is 1. The van der Waals surface area contributed by atoms with Crippen LogP contribution in [0.1, 0.15) is 19.8 Å². The number of nitrogens with one attached hydrogen (secondary N) is 2. The first-order chi connectivity index (χ1) is 9.77. The molecule has 21 heavy (non-hydrogen) atoms. The average molecular weight is 317 g/mol. The number of amides is 3. The number of carboxylic acids is 1. The molecule has 8 heteroatoms. The van der Waals surface area contributed by atoms with Gasteiger partial charge in [0.25, 0.3) is 0 Å². The summed E-state index contributed by atoms with van der Waals surface area (Å²) >= 11 is 5.55. The number of carbonyl (C=O) groups excluding carboxylic acids is 2. The minimum absolute atomic E-state index is 0.0934. The Bertz CT molecular complexity index is 565. The van der Waals surface area contributed by atoms with Crippen LogP contribution in [0.4, 0.5) is 14.9 Å². The fourth-order valence-electron chi connectivity index (χ4n) is 1.60. The molecule has 0 aliphatic rings. The Morgan fingerprint density at radius 1 is 1.33 bits per heavy atom. The van der Waals surface area contributed by atoms with Gasteiger partial charge >= 0.3 is 12.0 Å². The second-order valence-corrected chi connectivity index (χ2v) is 4.95. The van der Waals surface area contributed by atoms with Crippen molar-refractivity contribution in [2.75, 3.05) is 5.32 Å². The molecule has 0 bridgehead atoms. The van der Waals surface area contributed by atoms with Crippen LogP contribution in [0, 0.1) is 11.7 Å². The Labute approximate surface area is 125 Å². The normalized spacial score (nSPS) is 11.6. The van der Waals surface area contributed by atoms with Crippen LogP contribution in [0.15, 0.2) is 18.2 Å². The Hall–Kier alpha value is -2.15. The monoisotopic (exact) mass is 316 g/mol. The van der Waals surface area contributed by atoms with Gasteiger partial charge in [-0.2, -0.15) is 0 Å². The Balaban J connectivity index is 2.47. The van der Waals surface area contributed by atoms with E-state index in [-0.39, 0.29) is 23.6 Å². The maximum absolute atomic E-state index is 12.9. The van der Waals surface area contributed by atoms with Crippen molar-refractivity contribution in [1.82, 2.24) is 5.32 Å². The molecule has 1 aromatic carbocycles. The fraction of sp³-hybridized carbons (Fsp3) is 0.308. The predicted molar refractivity (Wildman–Crippen MR) is 74.6 cm³/mol. The SMILES string of the molecule is CC(CC(=O)O)CC(=O)NC(=O)Nc1ccc(F)c(Cl)c1. The molecule has 3 amide bonds. The van der Waals surface area contributed by atoms with Crippen LogP contribution in [0.2, 0.25) is 5.02 Å². The molecule has 0 radical (unpaired) electrons. The summed E-state index contributed by atoms with van der Waals surface area (Å²) in [7, 11) is 0. The van der Waals surface area contributed by atoms with Gasteiger partial charge in [0.05, 0.1) is 5.02 Å². The molecule has 0 aromatic heterocycles. The lowest BCUT2D eigenvalue weighted by molar-refractivity contribution is -0.138. The largest absolute Gasteiger partial charge is 0.481 e. The zero-order chi connectivity index (χ0) is 16.0. The first kappa shape index (κ1) is 16.9. The van der Waals surface area contributed by atoms with Crippen LogP contribution in [0.5, 0.6) is 0 Å². The van der Waals surface area contributed by atoms with Crippen molar-refractivity contribution in [3.8, 4) is 0 Å². The zero-order valence-electron chi connectivity index (χ0n) is 11.2. The van der Waals surface area contributed by atoms with Crippen molar-refractivity contribution in [2.45, 2.75) is 19.8 Å². The second-order valence-electron chi connectivity index (χ2n) is 4.54. The van der Waals surface area contributed by atoms with Gasteiger partial charge in [-0.1, -0.05) is 18.5 Å². The minimum Gasteiger partial charge on any atom is -0.481 e. The van der Waals surface area contributed by atoms with Crippen LogP contribution < -0.4 is 10.6 Å². The van der Waals surface area contributed by atoms with Crippen LogP contribution in [-0.4, -0.2) is 23.0 Å². The van der Waals surface area contributed by atoms with E-state index < -0.39 is 29.6 Å². The van der Waals surface area contributed by atoms with Crippen molar-refractivity contribution in [2.24, 2.45) is 5.92 Å². The molecule has 0 saturated carbocycles. The summed E-state index contributed by atoms with van der Waals surface area (Å²) in [6.07, 6.45) is -0.257. The Morgan fingerprint density at radius 2 is 2.00 bits per heavy atom. The molecule has 1 rings (SSSR count). The summed E-state index contributed by atoms with van der Waals surface area (Å²) in [6.45, 7) is 1.59. The van der Waals surface area contributed by atoms with Gasteiger partial charge in [0.15, 0.2) is 0 Å².